The molecule has 0 spiro atoms. The lowest BCUT2D eigenvalue weighted by atomic mass is 9.92. The van der Waals surface area contributed by atoms with Crippen LogP contribution in [0.4, 0.5) is 0 Å². The number of benzene rings is 6. The van der Waals surface area contributed by atoms with Gasteiger partial charge in [0.2, 0.25) is 0 Å². The normalized spacial score (nSPS) is 11.7. The van der Waals surface area contributed by atoms with Crippen LogP contribution in [0.1, 0.15) is 12.5 Å². The molecule has 2 aromatic heterocycles. The number of hydrogen-bond donors (Lipinski definition) is 0. The zero-order valence-corrected chi connectivity index (χ0v) is 28.4. The van der Waals surface area contributed by atoms with Gasteiger partial charge in [0.05, 0.1) is 22.6 Å². The molecule has 0 aliphatic carbocycles. The molecule has 8 aromatic rings. The molecule has 0 saturated heterocycles. The molecule has 3 nitrogen and oxygen atoms in total. The van der Waals surface area contributed by atoms with Crippen LogP contribution in [0.15, 0.2) is 189 Å². The predicted octanol–water partition coefficient (Wildman–Crippen LogP) is 12.7. The first-order valence-electron chi connectivity index (χ1n) is 17.2. The molecule has 0 aliphatic heterocycles. The van der Waals surface area contributed by atoms with E-state index in [2.05, 4.69) is 153 Å². The Kier molecular flexibility index (Phi) is 8.68. The van der Waals surface area contributed by atoms with Gasteiger partial charge in [-0.15, -0.1) is 0 Å². The number of rotatable bonds is 8. The minimum absolute atomic E-state index is 0.660. The van der Waals surface area contributed by atoms with Crippen LogP contribution >= 0.6 is 0 Å². The van der Waals surface area contributed by atoms with Gasteiger partial charge < -0.3 is 0 Å². The van der Waals surface area contributed by atoms with Crippen molar-refractivity contribution in [3.63, 3.8) is 0 Å². The van der Waals surface area contributed by atoms with Crippen molar-refractivity contribution in [2.45, 2.75) is 6.92 Å². The van der Waals surface area contributed by atoms with E-state index in [-0.39, 0.29) is 0 Å². The maximum Gasteiger partial charge on any atom is 0.161 e. The van der Waals surface area contributed by atoms with Gasteiger partial charge in [0.15, 0.2) is 5.82 Å². The van der Waals surface area contributed by atoms with Gasteiger partial charge in [-0.1, -0.05) is 170 Å². The van der Waals surface area contributed by atoms with E-state index in [0.717, 1.165) is 77.7 Å². The average Bonchev–Trinajstić information content (AvgIpc) is 3.21. The second kappa shape index (κ2) is 14.0. The molecule has 0 N–H and O–H groups in total. The van der Waals surface area contributed by atoms with Gasteiger partial charge in [0.25, 0.3) is 0 Å². The van der Waals surface area contributed by atoms with E-state index in [0.29, 0.717) is 5.82 Å². The predicted molar refractivity (Wildman–Crippen MR) is 215 cm³/mol. The summed E-state index contributed by atoms with van der Waals surface area (Å²) in [6.07, 6.45) is 7.82. The smallest absolute Gasteiger partial charge is 0.161 e. The lowest BCUT2D eigenvalue weighted by molar-refractivity contribution is 1.19. The Balaban J connectivity index is 1.37. The number of aromatic nitrogens is 3. The number of nitrogens with zero attached hydrogens (tertiary/aromatic N) is 3. The summed E-state index contributed by atoms with van der Waals surface area (Å²) in [7, 11) is 0. The first-order valence-corrected chi connectivity index (χ1v) is 17.2. The monoisotopic (exact) mass is 653 g/mol. The van der Waals surface area contributed by atoms with Crippen molar-refractivity contribution in [3.8, 4) is 56.3 Å². The Morgan fingerprint density at radius 3 is 1.63 bits per heavy atom. The quantitative estimate of drug-likeness (QED) is 0.121. The minimum Gasteiger partial charge on any atom is -0.248 e. The summed E-state index contributed by atoms with van der Waals surface area (Å²) in [4.78, 5) is 15.8. The van der Waals surface area contributed by atoms with Gasteiger partial charge in [0, 0.05) is 27.6 Å². The van der Waals surface area contributed by atoms with E-state index in [1.807, 2.05) is 36.4 Å². The molecule has 0 unspecified atom stereocenters. The Hall–Kier alpha value is -6.71. The molecule has 0 saturated carbocycles. The lowest BCUT2D eigenvalue weighted by Crippen LogP contribution is -1.98. The second-order valence-electron chi connectivity index (χ2n) is 12.5. The fourth-order valence-electron chi connectivity index (χ4n) is 6.64. The third-order valence-corrected chi connectivity index (χ3v) is 9.24. The highest BCUT2D eigenvalue weighted by Crippen LogP contribution is 2.41. The maximum absolute atomic E-state index is 5.31. The van der Waals surface area contributed by atoms with E-state index in [1.165, 1.54) is 5.57 Å². The molecule has 51 heavy (non-hydrogen) atoms. The Labute approximate surface area is 298 Å². The van der Waals surface area contributed by atoms with Gasteiger partial charge in [-0.25, -0.2) is 15.0 Å². The maximum atomic E-state index is 5.31. The van der Waals surface area contributed by atoms with E-state index in [1.54, 1.807) is 6.08 Å². The molecule has 0 bridgehead atoms. The van der Waals surface area contributed by atoms with Crippen molar-refractivity contribution in [1.29, 1.82) is 0 Å². The molecular weight excluding hydrogens is 619 g/mol. The van der Waals surface area contributed by atoms with Crippen LogP contribution in [0.5, 0.6) is 0 Å². The molecule has 0 fully saturated rings. The highest BCUT2D eigenvalue weighted by atomic mass is 14.9. The van der Waals surface area contributed by atoms with Crippen LogP contribution in [-0.2, 0) is 0 Å². The van der Waals surface area contributed by atoms with Gasteiger partial charge in [0.1, 0.15) is 0 Å². The molecule has 8 rings (SSSR count). The zero-order valence-electron chi connectivity index (χ0n) is 28.4. The first-order chi connectivity index (χ1) is 25.2. The molecule has 0 radical (unpaired) electrons. The fraction of sp³-hybridized carbons (Fsp3) is 0.0208. The van der Waals surface area contributed by atoms with Gasteiger partial charge in [-0.2, -0.15) is 0 Å². The van der Waals surface area contributed by atoms with E-state index in [4.69, 9.17) is 15.0 Å². The highest BCUT2D eigenvalue weighted by Gasteiger charge is 2.19. The first kappa shape index (κ1) is 31.6. The lowest BCUT2D eigenvalue weighted by Gasteiger charge is -2.16. The van der Waals surface area contributed by atoms with Gasteiger partial charge in [-0.05, 0) is 58.2 Å². The largest absolute Gasteiger partial charge is 0.248 e. The standard InChI is InChI=1S/C48H35N3/c1-3-4-8-17-33(2)34-26-28-38(29-27-34)45-32-44(37-22-13-7-14-23-37)50-48(51-45)42-31-46-47(40-25-16-15-24-39(40)42)41(35-18-9-5-10-19-35)30-43(49-46)36-20-11-6-12-21-36/h3-32H,1H2,2H3/b8-4-,33-17+. The molecular formula is C48H35N3. The van der Waals surface area contributed by atoms with Gasteiger partial charge >= 0.3 is 0 Å². The molecule has 3 heteroatoms. The Morgan fingerprint density at radius 1 is 0.490 bits per heavy atom. The second-order valence-corrected chi connectivity index (χ2v) is 12.5. The van der Waals surface area contributed by atoms with Gasteiger partial charge in [-0.3, -0.25) is 0 Å². The number of fused-ring (bicyclic) bond motifs is 3. The summed E-state index contributed by atoms with van der Waals surface area (Å²) in [5.74, 6) is 0.660. The van der Waals surface area contributed by atoms with Crippen LogP contribution in [0.25, 0.3) is 83.5 Å². The topological polar surface area (TPSA) is 38.7 Å². The van der Waals surface area contributed by atoms with Crippen molar-refractivity contribution in [2.75, 3.05) is 0 Å². The zero-order chi connectivity index (χ0) is 34.6. The van der Waals surface area contributed by atoms with Crippen LogP contribution < -0.4 is 0 Å². The Bertz CT molecular complexity index is 2570. The van der Waals surface area contributed by atoms with Crippen molar-refractivity contribution in [3.05, 3.63) is 194 Å². The SMILES string of the molecule is C=C/C=C\C=C(/C)c1ccc(-c2cc(-c3ccccc3)nc(-c3cc4nc(-c5ccccc5)cc(-c5ccccc5)c4c4ccccc34)n2)cc1. The summed E-state index contributed by atoms with van der Waals surface area (Å²) < 4.78 is 0. The summed E-state index contributed by atoms with van der Waals surface area (Å²) in [6.45, 7) is 5.88. The van der Waals surface area contributed by atoms with Crippen LogP contribution in [-0.4, -0.2) is 15.0 Å². The van der Waals surface area contributed by atoms with Crippen molar-refractivity contribution >= 4 is 27.2 Å². The third kappa shape index (κ3) is 6.41. The van der Waals surface area contributed by atoms with Crippen molar-refractivity contribution in [2.24, 2.45) is 0 Å². The van der Waals surface area contributed by atoms with Crippen LogP contribution in [0, 0.1) is 0 Å². The average molecular weight is 654 g/mol. The van der Waals surface area contributed by atoms with E-state index < -0.39 is 0 Å². The molecule has 2 heterocycles. The van der Waals surface area contributed by atoms with Crippen molar-refractivity contribution in [1.82, 2.24) is 15.0 Å². The highest BCUT2D eigenvalue weighted by molar-refractivity contribution is 6.18. The molecule has 6 aromatic carbocycles. The number of pyridine rings is 1. The molecule has 242 valence electrons. The van der Waals surface area contributed by atoms with Crippen LogP contribution in [0.2, 0.25) is 0 Å². The van der Waals surface area contributed by atoms with Crippen molar-refractivity contribution < 1.29 is 0 Å². The molecule has 0 amide bonds. The summed E-state index contributed by atoms with van der Waals surface area (Å²) in [6, 6.07) is 54.9. The molecule has 0 aliphatic rings. The van der Waals surface area contributed by atoms with Crippen LogP contribution in [0.3, 0.4) is 0 Å². The fourth-order valence-corrected chi connectivity index (χ4v) is 6.64. The van der Waals surface area contributed by atoms with E-state index >= 15 is 0 Å². The summed E-state index contributed by atoms with van der Waals surface area (Å²) in [5, 5.41) is 3.31. The minimum atomic E-state index is 0.660. The molecule has 0 atom stereocenters. The van der Waals surface area contributed by atoms with E-state index in [9.17, 15) is 0 Å². The summed E-state index contributed by atoms with van der Waals surface area (Å²) >= 11 is 0. The Morgan fingerprint density at radius 2 is 1.02 bits per heavy atom. The number of allylic oxidation sites excluding steroid dienone is 5. The third-order valence-electron chi connectivity index (χ3n) is 9.24. The summed E-state index contributed by atoms with van der Waals surface area (Å²) in [5.41, 5.74) is 12.2. The number of hydrogen-bond acceptors (Lipinski definition) is 3.